The number of aliphatic hydroxyl groups is 1. The molecule has 104 valence electrons. The van der Waals surface area contributed by atoms with Crippen LogP contribution in [0.25, 0.3) is 0 Å². The number of methoxy groups -OCH3 is 1. The second-order valence-electron chi connectivity index (χ2n) is 5.09. The Labute approximate surface area is 113 Å². The number of aliphatic hydroxyl groups excluding tert-OH is 1. The Hall–Kier alpha value is -1.55. The van der Waals surface area contributed by atoms with Gasteiger partial charge >= 0.3 is 0 Å². The van der Waals surface area contributed by atoms with Crippen molar-refractivity contribution in [1.29, 1.82) is 0 Å². The van der Waals surface area contributed by atoms with Crippen LogP contribution in [0.5, 0.6) is 5.75 Å². The van der Waals surface area contributed by atoms with E-state index in [0.29, 0.717) is 11.7 Å². The molecule has 2 rings (SSSR count). The largest absolute Gasteiger partial charge is 0.495 e. The van der Waals surface area contributed by atoms with Crippen LogP contribution in [0.1, 0.15) is 25.7 Å². The van der Waals surface area contributed by atoms with Crippen molar-refractivity contribution in [2.75, 3.05) is 19.0 Å². The van der Waals surface area contributed by atoms with Gasteiger partial charge in [-0.3, -0.25) is 4.79 Å². The van der Waals surface area contributed by atoms with Crippen molar-refractivity contribution in [2.24, 2.45) is 11.8 Å². The standard InChI is InChI=1S/C15H21NO3/c1-19-14-5-3-2-4-13(14)16-15(18)12-8-6-11(10-17)7-9-12/h2-5,11-12,17H,6-10H2,1H3,(H,16,18). The van der Waals surface area contributed by atoms with Gasteiger partial charge in [-0.25, -0.2) is 0 Å². The monoisotopic (exact) mass is 263 g/mol. The van der Waals surface area contributed by atoms with Gasteiger partial charge in [0.25, 0.3) is 0 Å². The van der Waals surface area contributed by atoms with Crippen molar-refractivity contribution in [1.82, 2.24) is 0 Å². The number of rotatable bonds is 4. The first-order chi connectivity index (χ1) is 9.24. The lowest BCUT2D eigenvalue weighted by molar-refractivity contribution is -0.121. The molecule has 1 fully saturated rings. The Morgan fingerprint density at radius 3 is 2.63 bits per heavy atom. The molecular formula is C15H21NO3. The van der Waals surface area contributed by atoms with Gasteiger partial charge in [0.15, 0.2) is 0 Å². The van der Waals surface area contributed by atoms with Crippen molar-refractivity contribution >= 4 is 11.6 Å². The maximum absolute atomic E-state index is 12.2. The van der Waals surface area contributed by atoms with Crippen molar-refractivity contribution in [3.63, 3.8) is 0 Å². The van der Waals surface area contributed by atoms with Crippen LogP contribution in [-0.2, 0) is 4.79 Å². The van der Waals surface area contributed by atoms with Crippen LogP contribution in [0.2, 0.25) is 0 Å². The molecule has 0 aliphatic heterocycles. The molecule has 0 unspecified atom stereocenters. The van der Waals surface area contributed by atoms with E-state index in [-0.39, 0.29) is 18.4 Å². The maximum atomic E-state index is 12.2. The van der Waals surface area contributed by atoms with Crippen LogP contribution in [-0.4, -0.2) is 24.7 Å². The average Bonchev–Trinajstić information content (AvgIpc) is 2.48. The lowest BCUT2D eigenvalue weighted by Crippen LogP contribution is -2.28. The fourth-order valence-corrected chi connectivity index (χ4v) is 2.59. The Kier molecular flexibility index (Phi) is 4.80. The van der Waals surface area contributed by atoms with E-state index in [1.54, 1.807) is 7.11 Å². The summed E-state index contributed by atoms with van der Waals surface area (Å²) in [5.74, 6) is 1.16. The van der Waals surface area contributed by atoms with Gasteiger partial charge in [-0.05, 0) is 43.7 Å². The zero-order chi connectivity index (χ0) is 13.7. The van der Waals surface area contributed by atoms with Gasteiger partial charge in [-0.2, -0.15) is 0 Å². The van der Waals surface area contributed by atoms with Crippen molar-refractivity contribution < 1.29 is 14.6 Å². The summed E-state index contributed by atoms with van der Waals surface area (Å²) in [6, 6.07) is 7.43. The summed E-state index contributed by atoms with van der Waals surface area (Å²) in [7, 11) is 1.59. The number of carbonyl (C=O) groups is 1. The van der Waals surface area contributed by atoms with Gasteiger partial charge in [0.2, 0.25) is 5.91 Å². The molecule has 4 heteroatoms. The van der Waals surface area contributed by atoms with E-state index in [9.17, 15) is 4.79 Å². The van der Waals surface area contributed by atoms with Crippen molar-refractivity contribution in [3.05, 3.63) is 24.3 Å². The van der Waals surface area contributed by atoms with E-state index in [1.807, 2.05) is 24.3 Å². The first-order valence-electron chi connectivity index (χ1n) is 6.79. The minimum absolute atomic E-state index is 0.0488. The number of amides is 1. The van der Waals surface area contributed by atoms with E-state index < -0.39 is 0 Å². The minimum Gasteiger partial charge on any atom is -0.495 e. The third-order valence-corrected chi connectivity index (χ3v) is 3.84. The van der Waals surface area contributed by atoms with Gasteiger partial charge in [0, 0.05) is 12.5 Å². The predicted molar refractivity (Wildman–Crippen MR) is 74.2 cm³/mol. The molecule has 0 atom stereocenters. The number of anilines is 1. The summed E-state index contributed by atoms with van der Waals surface area (Å²) < 4.78 is 5.22. The highest BCUT2D eigenvalue weighted by atomic mass is 16.5. The van der Waals surface area contributed by atoms with Gasteiger partial charge in [-0.1, -0.05) is 12.1 Å². The normalized spacial score (nSPS) is 22.8. The number of hydrogen-bond donors (Lipinski definition) is 2. The van der Waals surface area contributed by atoms with E-state index in [2.05, 4.69) is 5.32 Å². The summed E-state index contributed by atoms with van der Waals surface area (Å²) >= 11 is 0. The highest BCUT2D eigenvalue weighted by Gasteiger charge is 2.26. The first kappa shape index (κ1) is 13.9. The summed E-state index contributed by atoms with van der Waals surface area (Å²) in [6.07, 6.45) is 3.57. The first-order valence-corrected chi connectivity index (χ1v) is 6.79. The van der Waals surface area contributed by atoms with E-state index in [4.69, 9.17) is 9.84 Å². The second kappa shape index (κ2) is 6.57. The molecule has 0 spiro atoms. The molecule has 2 N–H and O–H groups in total. The smallest absolute Gasteiger partial charge is 0.227 e. The highest BCUT2D eigenvalue weighted by molar-refractivity contribution is 5.93. The zero-order valence-electron chi connectivity index (χ0n) is 11.3. The summed E-state index contributed by atoms with van der Waals surface area (Å²) in [5.41, 5.74) is 0.722. The predicted octanol–water partition coefficient (Wildman–Crippen LogP) is 2.43. The van der Waals surface area contributed by atoms with Crippen LogP contribution in [0.15, 0.2) is 24.3 Å². The molecule has 1 aliphatic rings. The van der Waals surface area contributed by atoms with Crippen molar-refractivity contribution in [3.8, 4) is 5.75 Å². The van der Waals surface area contributed by atoms with Crippen LogP contribution >= 0.6 is 0 Å². The minimum atomic E-state index is 0.0488. The molecule has 1 saturated carbocycles. The van der Waals surface area contributed by atoms with Gasteiger partial charge < -0.3 is 15.2 Å². The fourth-order valence-electron chi connectivity index (χ4n) is 2.59. The van der Waals surface area contributed by atoms with Gasteiger partial charge in [0.1, 0.15) is 5.75 Å². The molecular weight excluding hydrogens is 242 g/mol. The molecule has 0 heterocycles. The fraction of sp³-hybridized carbons (Fsp3) is 0.533. The quantitative estimate of drug-likeness (QED) is 0.877. The average molecular weight is 263 g/mol. The van der Waals surface area contributed by atoms with Gasteiger partial charge in [-0.15, -0.1) is 0 Å². The molecule has 1 aromatic rings. The zero-order valence-corrected chi connectivity index (χ0v) is 11.3. The molecule has 0 radical (unpaired) electrons. The SMILES string of the molecule is COc1ccccc1NC(=O)C1CCC(CO)CC1. The van der Waals surface area contributed by atoms with E-state index in [0.717, 1.165) is 31.4 Å². The second-order valence-corrected chi connectivity index (χ2v) is 5.09. The Bertz CT molecular complexity index is 425. The molecule has 1 aromatic carbocycles. The molecule has 0 aromatic heterocycles. The number of para-hydroxylation sites is 2. The third kappa shape index (κ3) is 3.47. The molecule has 19 heavy (non-hydrogen) atoms. The number of hydrogen-bond acceptors (Lipinski definition) is 3. The third-order valence-electron chi connectivity index (χ3n) is 3.84. The van der Waals surface area contributed by atoms with Crippen LogP contribution < -0.4 is 10.1 Å². The lowest BCUT2D eigenvalue weighted by atomic mass is 9.82. The van der Waals surface area contributed by atoms with Gasteiger partial charge in [0.05, 0.1) is 12.8 Å². The molecule has 0 bridgehead atoms. The molecule has 4 nitrogen and oxygen atoms in total. The van der Waals surface area contributed by atoms with E-state index in [1.165, 1.54) is 0 Å². The molecule has 1 amide bonds. The molecule has 0 saturated heterocycles. The van der Waals surface area contributed by atoms with Crippen LogP contribution in [0.4, 0.5) is 5.69 Å². The maximum Gasteiger partial charge on any atom is 0.227 e. The van der Waals surface area contributed by atoms with Crippen molar-refractivity contribution in [2.45, 2.75) is 25.7 Å². The highest BCUT2D eigenvalue weighted by Crippen LogP contribution is 2.30. The summed E-state index contributed by atoms with van der Waals surface area (Å²) in [4.78, 5) is 12.2. The lowest BCUT2D eigenvalue weighted by Gasteiger charge is -2.26. The van der Waals surface area contributed by atoms with Crippen LogP contribution in [0.3, 0.4) is 0 Å². The Morgan fingerprint density at radius 2 is 2.00 bits per heavy atom. The molecule has 1 aliphatic carbocycles. The number of nitrogens with one attached hydrogen (secondary N) is 1. The number of carbonyl (C=O) groups excluding carboxylic acids is 1. The topological polar surface area (TPSA) is 58.6 Å². The Balaban J connectivity index is 1.94. The number of benzene rings is 1. The summed E-state index contributed by atoms with van der Waals surface area (Å²) in [5, 5.41) is 12.0. The summed E-state index contributed by atoms with van der Waals surface area (Å²) in [6.45, 7) is 0.237. The van der Waals surface area contributed by atoms with E-state index >= 15 is 0 Å². The van der Waals surface area contributed by atoms with Crippen LogP contribution in [0, 0.1) is 11.8 Å². The Morgan fingerprint density at radius 1 is 1.32 bits per heavy atom. The number of ether oxygens (including phenoxy) is 1.